The SMILES string of the molecule is Cc1ccc(C(N)CN2CCC3C(CCCN3C)C2)cc1. The van der Waals surface area contributed by atoms with Crippen LogP contribution in [0.5, 0.6) is 0 Å². The Kier molecular flexibility index (Phi) is 4.63. The van der Waals surface area contributed by atoms with Crippen LogP contribution in [0.15, 0.2) is 24.3 Å². The summed E-state index contributed by atoms with van der Waals surface area (Å²) in [5, 5.41) is 0. The maximum atomic E-state index is 6.42. The van der Waals surface area contributed by atoms with Crippen molar-refractivity contribution in [3.63, 3.8) is 0 Å². The highest BCUT2D eigenvalue weighted by atomic mass is 15.2. The maximum Gasteiger partial charge on any atom is 0.0424 e. The molecule has 3 unspecified atom stereocenters. The monoisotopic (exact) mass is 287 g/mol. The minimum atomic E-state index is 0.142. The zero-order chi connectivity index (χ0) is 14.8. The first-order chi connectivity index (χ1) is 10.1. The first-order valence-electron chi connectivity index (χ1n) is 8.38. The topological polar surface area (TPSA) is 32.5 Å². The number of nitrogens with zero attached hydrogens (tertiary/aromatic N) is 2. The van der Waals surface area contributed by atoms with Crippen molar-refractivity contribution in [2.75, 3.05) is 33.2 Å². The lowest BCUT2D eigenvalue weighted by molar-refractivity contribution is 0.0364. The molecule has 0 aromatic heterocycles. The lowest BCUT2D eigenvalue weighted by Crippen LogP contribution is -2.53. The Bertz CT molecular complexity index is 456. The van der Waals surface area contributed by atoms with Gasteiger partial charge in [0.1, 0.15) is 0 Å². The van der Waals surface area contributed by atoms with E-state index in [4.69, 9.17) is 5.73 Å². The second-order valence-electron chi connectivity index (χ2n) is 7.02. The molecule has 3 atom stereocenters. The van der Waals surface area contributed by atoms with E-state index in [1.165, 1.54) is 50.0 Å². The molecule has 0 radical (unpaired) electrons. The van der Waals surface area contributed by atoms with Crippen LogP contribution in [0.2, 0.25) is 0 Å². The lowest BCUT2D eigenvalue weighted by atomic mass is 9.84. The second kappa shape index (κ2) is 6.47. The summed E-state index contributed by atoms with van der Waals surface area (Å²) in [6.45, 7) is 6.83. The molecule has 2 aliphatic rings. The first kappa shape index (κ1) is 15.0. The lowest BCUT2D eigenvalue weighted by Gasteiger charge is -2.46. The Balaban J connectivity index is 1.57. The van der Waals surface area contributed by atoms with E-state index < -0.39 is 0 Å². The van der Waals surface area contributed by atoms with E-state index in [9.17, 15) is 0 Å². The number of fused-ring (bicyclic) bond motifs is 1. The highest BCUT2D eigenvalue weighted by Gasteiger charge is 2.34. The van der Waals surface area contributed by atoms with Crippen LogP contribution in [0.3, 0.4) is 0 Å². The molecule has 3 nitrogen and oxygen atoms in total. The van der Waals surface area contributed by atoms with Gasteiger partial charge in [0.2, 0.25) is 0 Å². The Morgan fingerprint density at radius 1 is 1.19 bits per heavy atom. The van der Waals surface area contributed by atoms with Crippen molar-refractivity contribution in [2.45, 2.75) is 38.3 Å². The summed E-state index contributed by atoms with van der Waals surface area (Å²) in [5.41, 5.74) is 8.99. The van der Waals surface area contributed by atoms with Gasteiger partial charge in [0, 0.05) is 25.2 Å². The van der Waals surface area contributed by atoms with Crippen molar-refractivity contribution in [3.8, 4) is 0 Å². The number of aryl methyl sites for hydroxylation is 1. The molecule has 0 amide bonds. The van der Waals surface area contributed by atoms with Gasteiger partial charge in [-0.05, 0) is 57.8 Å². The van der Waals surface area contributed by atoms with E-state index in [1.54, 1.807) is 0 Å². The van der Waals surface area contributed by atoms with E-state index in [-0.39, 0.29) is 6.04 Å². The smallest absolute Gasteiger partial charge is 0.0424 e. The predicted molar refractivity (Wildman–Crippen MR) is 88.3 cm³/mol. The molecule has 2 fully saturated rings. The third-order valence-electron chi connectivity index (χ3n) is 5.39. The molecule has 21 heavy (non-hydrogen) atoms. The zero-order valence-corrected chi connectivity index (χ0v) is 13.5. The Hall–Kier alpha value is -0.900. The molecule has 0 aliphatic carbocycles. The molecule has 3 heteroatoms. The Morgan fingerprint density at radius 3 is 2.71 bits per heavy atom. The summed E-state index contributed by atoms with van der Waals surface area (Å²) in [4.78, 5) is 5.16. The predicted octanol–water partition coefficient (Wildman–Crippen LogP) is 2.41. The summed E-state index contributed by atoms with van der Waals surface area (Å²) in [7, 11) is 2.30. The summed E-state index contributed by atoms with van der Waals surface area (Å²) in [6, 6.07) is 9.64. The molecule has 116 valence electrons. The number of hydrogen-bond acceptors (Lipinski definition) is 3. The second-order valence-corrected chi connectivity index (χ2v) is 7.02. The largest absolute Gasteiger partial charge is 0.323 e. The fraction of sp³-hybridized carbons (Fsp3) is 0.667. The van der Waals surface area contributed by atoms with E-state index in [1.807, 2.05) is 0 Å². The molecule has 1 aromatic carbocycles. The molecule has 2 heterocycles. The molecule has 3 rings (SSSR count). The average Bonchev–Trinajstić information content (AvgIpc) is 2.48. The minimum absolute atomic E-state index is 0.142. The molecular weight excluding hydrogens is 258 g/mol. The number of hydrogen-bond donors (Lipinski definition) is 1. The Morgan fingerprint density at radius 2 is 1.95 bits per heavy atom. The fourth-order valence-corrected chi connectivity index (χ4v) is 4.09. The van der Waals surface area contributed by atoms with E-state index in [0.29, 0.717) is 0 Å². The number of benzene rings is 1. The third-order valence-corrected chi connectivity index (χ3v) is 5.39. The zero-order valence-electron chi connectivity index (χ0n) is 13.5. The van der Waals surface area contributed by atoms with E-state index in [2.05, 4.69) is 48.0 Å². The van der Waals surface area contributed by atoms with Crippen molar-refractivity contribution >= 4 is 0 Å². The number of nitrogens with two attached hydrogens (primary N) is 1. The van der Waals surface area contributed by atoms with Gasteiger partial charge in [0.05, 0.1) is 0 Å². The molecule has 2 N–H and O–H groups in total. The standard InChI is InChI=1S/C18H29N3/c1-14-5-7-15(8-6-14)17(19)13-21-11-9-18-16(12-21)4-3-10-20(18)2/h5-8,16-18H,3-4,9-13,19H2,1-2H3. The van der Waals surface area contributed by atoms with Gasteiger partial charge in [0.25, 0.3) is 0 Å². The van der Waals surface area contributed by atoms with Crippen LogP contribution in [0.1, 0.15) is 36.4 Å². The van der Waals surface area contributed by atoms with Crippen LogP contribution < -0.4 is 5.73 Å². The average molecular weight is 287 g/mol. The van der Waals surface area contributed by atoms with Gasteiger partial charge in [-0.25, -0.2) is 0 Å². The molecule has 2 aliphatic heterocycles. The summed E-state index contributed by atoms with van der Waals surface area (Å²) < 4.78 is 0. The van der Waals surface area contributed by atoms with Crippen molar-refractivity contribution in [1.29, 1.82) is 0 Å². The van der Waals surface area contributed by atoms with Crippen LogP contribution in [-0.2, 0) is 0 Å². The van der Waals surface area contributed by atoms with Crippen LogP contribution in [0, 0.1) is 12.8 Å². The normalized spacial score (nSPS) is 29.1. The molecule has 0 saturated carbocycles. The van der Waals surface area contributed by atoms with Crippen LogP contribution in [0.25, 0.3) is 0 Å². The highest BCUT2D eigenvalue weighted by molar-refractivity contribution is 5.24. The summed E-state index contributed by atoms with van der Waals surface area (Å²) >= 11 is 0. The van der Waals surface area contributed by atoms with Crippen molar-refractivity contribution < 1.29 is 0 Å². The van der Waals surface area contributed by atoms with Crippen LogP contribution >= 0.6 is 0 Å². The third kappa shape index (κ3) is 3.47. The molecule has 1 aromatic rings. The van der Waals surface area contributed by atoms with Gasteiger partial charge in [0.15, 0.2) is 0 Å². The van der Waals surface area contributed by atoms with Gasteiger partial charge < -0.3 is 15.5 Å². The van der Waals surface area contributed by atoms with Gasteiger partial charge in [-0.15, -0.1) is 0 Å². The molecular formula is C18H29N3. The maximum absolute atomic E-state index is 6.42. The van der Waals surface area contributed by atoms with Gasteiger partial charge >= 0.3 is 0 Å². The van der Waals surface area contributed by atoms with Crippen LogP contribution in [-0.4, -0.2) is 49.1 Å². The number of likely N-dealkylation sites (tertiary alicyclic amines) is 2. The van der Waals surface area contributed by atoms with Crippen molar-refractivity contribution in [3.05, 3.63) is 35.4 Å². The Labute approximate surface area is 129 Å². The molecule has 2 saturated heterocycles. The minimum Gasteiger partial charge on any atom is -0.323 e. The summed E-state index contributed by atoms with van der Waals surface area (Å²) in [5.74, 6) is 0.850. The highest BCUT2D eigenvalue weighted by Crippen LogP contribution is 2.30. The molecule has 0 bridgehead atoms. The van der Waals surface area contributed by atoms with E-state index in [0.717, 1.165) is 18.5 Å². The van der Waals surface area contributed by atoms with Crippen molar-refractivity contribution in [2.24, 2.45) is 11.7 Å². The van der Waals surface area contributed by atoms with Crippen molar-refractivity contribution in [1.82, 2.24) is 9.80 Å². The van der Waals surface area contributed by atoms with Crippen LogP contribution in [0.4, 0.5) is 0 Å². The van der Waals surface area contributed by atoms with Gasteiger partial charge in [-0.2, -0.15) is 0 Å². The fourth-order valence-electron chi connectivity index (χ4n) is 4.09. The number of rotatable bonds is 3. The van der Waals surface area contributed by atoms with Gasteiger partial charge in [-0.1, -0.05) is 29.8 Å². The first-order valence-corrected chi connectivity index (χ1v) is 8.38. The number of piperidine rings is 2. The summed E-state index contributed by atoms with van der Waals surface area (Å²) in [6.07, 6.45) is 4.06. The van der Waals surface area contributed by atoms with E-state index >= 15 is 0 Å². The van der Waals surface area contributed by atoms with Gasteiger partial charge in [-0.3, -0.25) is 0 Å². The molecule has 0 spiro atoms. The quantitative estimate of drug-likeness (QED) is 0.926.